The molecule has 0 atom stereocenters. The molecule has 1 fully saturated rings. The van der Waals surface area contributed by atoms with Crippen molar-refractivity contribution in [2.24, 2.45) is 0 Å². The first-order valence-electron chi connectivity index (χ1n) is 6.16. The number of rotatable bonds is 1. The van der Waals surface area contributed by atoms with Crippen LogP contribution in [0.3, 0.4) is 0 Å². The largest absolute Gasteiger partial charge is 0.495 e. The zero-order chi connectivity index (χ0) is 12.8. The number of aryl methyl sites for hydroxylation is 2. The van der Waals surface area contributed by atoms with E-state index in [9.17, 15) is 0 Å². The fraction of sp³-hybridized carbons (Fsp3) is 0.571. The molecule has 1 heterocycles. The second kappa shape index (κ2) is 3.86. The van der Waals surface area contributed by atoms with E-state index in [0.717, 1.165) is 0 Å². The fourth-order valence-corrected chi connectivity index (χ4v) is 2.16. The molecule has 1 saturated heterocycles. The van der Waals surface area contributed by atoms with E-state index in [0.29, 0.717) is 0 Å². The van der Waals surface area contributed by atoms with Crippen LogP contribution in [0.15, 0.2) is 18.2 Å². The Morgan fingerprint density at radius 1 is 0.882 bits per heavy atom. The topological polar surface area (TPSA) is 18.5 Å². The molecule has 0 saturated carbocycles. The third-order valence-corrected chi connectivity index (χ3v) is 4.03. The summed E-state index contributed by atoms with van der Waals surface area (Å²) in [4.78, 5) is 0. The summed E-state index contributed by atoms with van der Waals surface area (Å²) in [5.74, 6) is 0. The van der Waals surface area contributed by atoms with Crippen molar-refractivity contribution in [3.05, 3.63) is 29.3 Å². The van der Waals surface area contributed by atoms with Crippen LogP contribution >= 0.6 is 0 Å². The first-order valence-corrected chi connectivity index (χ1v) is 6.16. The van der Waals surface area contributed by atoms with Crippen molar-refractivity contribution < 1.29 is 9.31 Å². The molecule has 1 aromatic rings. The van der Waals surface area contributed by atoms with Gasteiger partial charge in [-0.05, 0) is 47.0 Å². The van der Waals surface area contributed by atoms with E-state index in [2.05, 4.69) is 59.7 Å². The maximum absolute atomic E-state index is 6.09. The normalized spacial score (nSPS) is 21.9. The van der Waals surface area contributed by atoms with Gasteiger partial charge in [0.15, 0.2) is 0 Å². The summed E-state index contributed by atoms with van der Waals surface area (Å²) in [6.07, 6.45) is 0. The molecule has 17 heavy (non-hydrogen) atoms. The van der Waals surface area contributed by atoms with Crippen molar-refractivity contribution in [2.75, 3.05) is 0 Å². The second-order valence-electron chi connectivity index (χ2n) is 5.89. The van der Waals surface area contributed by atoms with Crippen molar-refractivity contribution in [1.82, 2.24) is 0 Å². The van der Waals surface area contributed by atoms with E-state index in [1.54, 1.807) is 0 Å². The minimum absolute atomic E-state index is 0.249. The van der Waals surface area contributed by atoms with Gasteiger partial charge in [-0.3, -0.25) is 0 Å². The molecule has 0 aromatic heterocycles. The van der Waals surface area contributed by atoms with Gasteiger partial charge in [0.05, 0.1) is 11.2 Å². The zero-order valence-corrected chi connectivity index (χ0v) is 11.6. The molecule has 0 spiro atoms. The predicted octanol–water partition coefficient (Wildman–Crippen LogP) is 2.60. The molecule has 2 nitrogen and oxygen atoms in total. The summed E-state index contributed by atoms with van der Waals surface area (Å²) >= 11 is 0. The van der Waals surface area contributed by atoms with Crippen molar-refractivity contribution in [2.45, 2.75) is 52.7 Å². The van der Waals surface area contributed by atoms with Crippen molar-refractivity contribution in [1.29, 1.82) is 0 Å². The Kier molecular flexibility index (Phi) is 2.87. The molecule has 0 aliphatic carbocycles. The summed E-state index contributed by atoms with van der Waals surface area (Å²) in [6.45, 7) is 12.5. The Balaban J connectivity index is 2.39. The molecule has 0 N–H and O–H groups in total. The smallest absolute Gasteiger partial charge is 0.399 e. The maximum atomic E-state index is 6.09. The van der Waals surface area contributed by atoms with Crippen molar-refractivity contribution >= 4 is 12.6 Å². The van der Waals surface area contributed by atoms with Crippen LogP contribution in [0.2, 0.25) is 0 Å². The molecule has 1 aliphatic rings. The first-order chi connectivity index (χ1) is 7.74. The fourth-order valence-electron chi connectivity index (χ4n) is 2.16. The van der Waals surface area contributed by atoms with Gasteiger partial charge >= 0.3 is 7.12 Å². The van der Waals surface area contributed by atoms with Crippen LogP contribution in [0.5, 0.6) is 0 Å². The maximum Gasteiger partial charge on any atom is 0.495 e. The highest BCUT2D eigenvalue weighted by Crippen LogP contribution is 2.36. The van der Waals surface area contributed by atoms with E-state index in [4.69, 9.17) is 9.31 Å². The van der Waals surface area contributed by atoms with Gasteiger partial charge in [-0.2, -0.15) is 0 Å². The van der Waals surface area contributed by atoms with Crippen molar-refractivity contribution in [3.63, 3.8) is 0 Å². The Hall–Kier alpha value is -0.795. The van der Waals surface area contributed by atoms with E-state index in [1.807, 2.05) is 0 Å². The quantitative estimate of drug-likeness (QED) is 0.693. The Bertz CT molecular complexity index is 402. The van der Waals surface area contributed by atoms with Gasteiger partial charge in [-0.25, -0.2) is 0 Å². The van der Waals surface area contributed by atoms with Gasteiger partial charge in [0.1, 0.15) is 0 Å². The third-order valence-electron chi connectivity index (χ3n) is 4.03. The van der Waals surface area contributed by atoms with Gasteiger partial charge in [-0.15, -0.1) is 0 Å². The summed E-state index contributed by atoms with van der Waals surface area (Å²) in [5, 5.41) is 0. The molecule has 92 valence electrons. The second-order valence-corrected chi connectivity index (χ2v) is 5.89. The summed E-state index contributed by atoms with van der Waals surface area (Å²) in [7, 11) is -0.249. The van der Waals surface area contributed by atoms with Gasteiger partial charge in [0, 0.05) is 0 Å². The average molecular weight is 232 g/mol. The molecule has 0 radical (unpaired) electrons. The lowest BCUT2D eigenvalue weighted by molar-refractivity contribution is 0.00578. The number of hydrogen-bond acceptors (Lipinski definition) is 2. The van der Waals surface area contributed by atoms with Gasteiger partial charge in [-0.1, -0.05) is 29.3 Å². The van der Waals surface area contributed by atoms with Gasteiger partial charge in [0.2, 0.25) is 0 Å². The SMILES string of the molecule is Cc1cccc(C)c1B1OC(C)(C)C(C)(C)O1. The molecule has 3 heteroatoms. The van der Waals surface area contributed by atoms with Crippen LogP contribution in [0.1, 0.15) is 38.8 Å². The minimum atomic E-state index is -0.271. The molecule has 1 aromatic carbocycles. The Morgan fingerprint density at radius 3 is 1.71 bits per heavy atom. The van der Waals surface area contributed by atoms with Gasteiger partial charge < -0.3 is 9.31 Å². The van der Waals surface area contributed by atoms with Crippen LogP contribution in [0.25, 0.3) is 0 Å². The minimum Gasteiger partial charge on any atom is -0.399 e. The summed E-state index contributed by atoms with van der Waals surface area (Å²) in [6, 6.07) is 6.28. The molecule has 0 bridgehead atoms. The van der Waals surface area contributed by atoms with Crippen LogP contribution in [-0.4, -0.2) is 18.3 Å². The van der Waals surface area contributed by atoms with Crippen molar-refractivity contribution in [3.8, 4) is 0 Å². The highest BCUT2D eigenvalue weighted by Gasteiger charge is 2.52. The molecule has 2 rings (SSSR count). The highest BCUT2D eigenvalue weighted by atomic mass is 16.7. The monoisotopic (exact) mass is 232 g/mol. The lowest BCUT2D eigenvalue weighted by Gasteiger charge is -2.32. The molecular weight excluding hydrogens is 211 g/mol. The lowest BCUT2D eigenvalue weighted by atomic mass is 9.73. The molecule has 0 amide bonds. The van der Waals surface area contributed by atoms with Crippen LogP contribution < -0.4 is 5.46 Å². The first kappa shape index (κ1) is 12.7. The predicted molar refractivity (Wildman–Crippen MR) is 71.6 cm³/mol. The summed E-state index contributed by atoms with van der Waals surface area (Å²) in [5.41, 5.74) is 3.08. The number of benzene rings is 1. The Morgan fingerprint density at radius 2 is 1.29 bits per heavy atom. The van der Waals surface area contributed by atoms with Crippen LogP contribution in [-0.2, 0) is 9.31 Å². The van der Waals surface area contributed by atoms with E-state index in [-0.39, 0.29) is 18.3 Å². The summed E-state index contributed by atoms with van der Waals surface area (Å²) < 4.78 is 12.2. The number of hydrogen-bond donors (Lipinski definition) is 0. The highest BCUT2D eigenvalue weighted by molar-refractivity contribution is 6.63. The van der Waals surface area contributed by atoms with E-state index >= 15 is 0 Å². The van der Waals surface area contributed by atoms with E-state index < -0.39 is 0 Å². The Labute approximate surface area is 104 Å². The average Bonchev–Trinajstić information content (AvgIpc) is 2.35. The zero-order valence-electron chi connectivity index (χ0n) is 11.6. The molecule has 0 unspecified atom stereocenters. The molecule has 1 aliphatic heterocycles. The van der Waals surface area contributed by atoms with Crippen LogP contribution in [0.4, 0.5) is 0 Å². The molecular formula is C14H21BO2. The van der Waals surface area contributed by atoms with E-state index in [1.165, 1.54) is 16.6 Å². The van der Waals surface area contributed by atoms with Gasteiger partial charge in [0.25, 0.3) is 0 Å². The standard InChI is InChI=1S/C14H21BO2/c1-10-8-7-9-11(2)12(10)15-16-13(3,4)14(5,6)17-15/h7-9H,1-6H3. The van der Waals surface area contributed by atoms with Crippen LogP contribution in [0, 0.1) is 13.8 Å². The third kappa shape index (κ3) is 2.02. The lowest BCUT2D eigenvalue weighted by Crippen LogP contribution is -2.41.